The molecule has 0 radical (unpaired) electrons. The van der Waals surface area contributed by atoms with E-state index in [2.05, 4.69) is 21.9 Å². The van der Waals surface area contributed by atoms with Crippen molar-refractivity contribution < 1.29 is 8.42 Å². The standard InChI is InChI=1S/C14H14N2O2S/c17-19(18)13-4-2-1-3-12(13)15-14(16-19)11-8-9-5-6-10(11)7-9/h1-6,9-11H,7-8H2,(H,15,16). The smallest absolute Gasteiger partial charge is 0.286 e. The first kappa shape index (κ1) is 11.2. The van der Waals surface area contributed by atoms with Crippen LogP contribution in [0, 0.1) is 17.8 Å². The van der Waals surface area contributed by atoms with E-state index in [0.717, 1.165) is 12.8 Å². The van der Waals surface area contributed by atoms with Gasteiger partial charge < -0.3 is 5.32 Å². The predicted octanol–water partition coefficient (Wildman–Crippen LogP) is 2.41. The molecule has 1 saturated carbocycles. The minimum Gasteiger partial charge on any atom is -0.342 e. The second-order valence-electron chi connectivity index (χ2n) is 5.46. The quantitative estimate of drug-likeness (QED) is 0.800. The molecule has 2 aliphatic carbocycles. The number of amidine groups is 1. The Balaban J connectivity index is 1.77. The number of benzene rings is 1. The zero-order valence-electron chi connectivity index (χ0n) is 10.3. The first-order valence-electron chi connectivity index (χ1n) is 6.53. The maximum Gasteiger partial charge on any atom is 0.286 e. The zero-order chi connectivity index (χ0) is 13.0. The first-order chi connectivity index (χ1) is 9.13. The van der Waals surface area contributed by atoms with Crippen molar-refractivity contribution in [2.75, 3.05) is 5.32 Å². The topological polar surface area (TPSA) is 58.5 Å². The van der Waals surface area contributed by atoms with Crippen LogP contribution in [0.5, 0.6) is 0 Å². The number of hydrogen-bond donors (Lipinski definition) is 1. The lowest BCUT2D eigenvalue weighted by atomic mass is 9.92. The summed E-state index contributed by atoms with van der Waals surface area (Å²) in [5.74, 6) is 1.88. The number of anilines is 1. The van der Waals surface area contributed by atoms with Gasteiger partial charge in [-0.05, 0) is 36.8 Å². The molecular weight excluding hydrogens is 260 g/mol. The van der Waals surface area contributed by atoms with E-state index in [0.29, 0.717) is 23.4 Å². The van der Waals surface area contributed by atoms with Gasteiger partial charge >= 0.3 is 0 Å². The predicted molar refractivity (Wildman–Crippen MR) is 73.5 cm³/mol. The van der Waals surface area contributed by atoms with E-state index in [1.807, 2.05) is 6.07 Å². The largest absolute Gasteiger partial charge is 0.342 e. The fourth-order valence-corrected chi connectivity index (χ4v) is 4.58. The molecule has 1 aromatic carbocycles. The van der Waals surface area contributed by atoms with E-state index in [-0.39, 0.29) is 10.8 Å². The van der Waals surface area contributed by atoms with Gasteiger partial charge in [0.15, 0.2) is 0 Å². The monoisotopic (exact) mass is 274 g/mol. The highest BCUT2D eigenvalue weighted by atomic mass is 32.2. The molecule has 4 nitrogen and oxygen atoms in total. The summed E-state index contributed by atoms with van der Waals surface area (Å²) in [4.78, 5) is 0.275. The molecule has 1 N–H and O–H groups in total. The van der Waals surface area contributed by atoms with Crippen molar-refractivity contribution in [1.82, 2.24) is 0 Å². The molecule has 3 atom stereocenters. The van der Waals surface area contributed by atoms with Gasteiger partial charge in [0.25, 0.3) is 10.0 Å². The Morgan fingerprint density at radius 1 is 1.16 bits per heavy atom. The maximum atomic E-state index is 12.2. The van der Waals surface area contributed by atoms with Crippen molar-refractivity contribution in [1.29, 1.82) is 0 Å². The molecule has 1 aliphatic heterocycles. The molecular formula is C14H14N2O2S. The average Bonchev–Trinajstić information content (AvgIpc) is 3.00. The lowest BCUT2D eigenvalue weighted by Gasteiger charge is -2.25. The third kappa shape index (κ3) is 1.64. The molecule has 98 valence electrons. The van der Waals surface area contributed by atoms with Crippen molar-refractivity contribution in [3.8, 4) is 0 Å². The number of allylic oxidation sites excluding steroid dienone is 2. The molecule has 0 saturated heterocycles. The van der Waals surface area contributed by atoms with Gasteiger partial charge in [0, 0.05) is 5.92 Å². The maximum absolute atomic E-state index is 12.2. The summed E-state index contributed by atoms with van der Waals surface area (Å²) in [5, 5.41) is 3.22. The van der Waals surface area contributed by atoms with Crippen molar-refractivity contribution in [2.24, 2.45) is 22.2 Å². The van der Waals surface area contributed by atoms with Gasteiger partial charge in [-0.1, -0.05) is 24.3 Å². The Bertz CT molecular complexity index is 706. The molecule has 19 heavy (non-hydrogen) atoms. The Morgan fingerprint density at radius 2 is 2.00 bits per heavy atom. The fraction of sp³-hybridized carbons (Fsp3) is 0.357. The van der Waals surface area contributed by atoms with Gasteiger partial charge in [0.05, 0.1) is 5.69 Å². The van der Waals surface area contributed by atoms with Crippen molar-refractivity contribution in [3.05, 3.63) is 36.4 Å². The normalized spacial score (nSPS) is 33.7. The summed E-state index contributed by atoms with van der Waals surface area (Å²) < 4.78 is 28.4. The second kappa shape index (κ2) is 3.70. The molecule has 1 heterocycles. The molecule has 1 fully saturated rings. The third-order valence-corrected chi connectivity index (χ3v) is 5.63. The van der Waals surface area contributed by atoms with Gasteiger partial charge in [-0.25, -0.2) is 0 Å². The van der Waals surface area contributed by atoms with Gasteiger partial charge in [-0.15, -0.1) is 4.40 Å². The van der Waals surface area contributed by atoms with Crippen LogP contribution >= 0.6 is 0 Å². The highest BCUT2D eigenvalue weighted by molar-refractivity contribution is 7.90. The summed E-state index contributed by atoms with van der Waals surface area (Å²) in [6.07, 6.45) is 6.58. The van der Waals surface area contributed by atoms with Crippen LogP contribution in [0.1, 0.15) is 12.8 Å². The molecule has 5 heteroatoms. The lowest BCUT2D eigenvalue weighted by Crippen LogP contribution is -2.30. The van der Waals surface area contributed by atoms with E-state index in [4.69, 9.17) is 0 Å². The summed E-state index contributed by atoms with van der Waals surface area (Å²) in [6.45, 7) is 0. The molecule has 0 aromatic heterocycles. The highest BCUT2D eigenvalue weighted by Gasteiger charge is 2.40. The minimum absolute atomic E-state index is 0.220. The van der Waals surface area contributed by atoms with Crippen LogP contribution in [0.3, 0.4) is 0 Å². The van der Waals surface area contributed by atoms with Crippen molar-refractivity contribution >= 4 is 21.5 Å². The van der Waals surface area contributed by atoms with E-state index >= 15 is 0 Å². The van der Waals surface area contributed by atoms with Crippen LogP contribution in [-0.4, -0.2) is 14.3 Å². The lowest BCUT2D eigenvalue weighted by molar-refractivity contribution is 0.576. The minimum atomic E-state index is -3.54. The van der Waals surface area contributed by atoms with Gasteiger partial charge in [-0.3, -0.25) is 0 Å². The van der Waals surface area contributed by atoms with Crippen LogP contribution in [0.15, 0.2) is 45.7 Å². The fourth-order valence-electron chi connectivity index (χ4n) is 3.39. The second-order valence-corrected chi connectivity index (χ2v) is 7.03. The molecule has 4 rings (SSSR count). The van der Waals surface area contributed by atoms with Crippen LogP contribution < -0.4 is 5.32 Å². The first-order valence-corrected chi connectivity index (χ1v) is 7.97. The summed E-state index contributed by atoms with van der Waals surface area (Å²) in [5.41, 5.74) is 0.652. The van der Waals surface area contributed by atoms with Crippen LogP contribution in [-0.2, 0) is 10.0 Å². The Hall–Kier alpha value is -1.62. The number of nitrogens with zero attached hydrogens (tertiary/aromatic N) is 1. The van der Waals surface area contributed by atoms with E-state index in [1.54, 1.807) is 18.2 Å². The molecule has 0 spiro atoms. The number of nitrogens with one attached hydrogen (secondary N) is 1. The van der Waals surface area contributed by atoms with E-state index < -0.39 is 10.0 Å². The van der Waals surface area contributed by atoms with Crippen LogP contribution in [0.25, 0.3) is 0 Å². The van der Waals surface area contributed by atoms with Gasteiger partial charge in [0.2, 0.25) is 0 Å². The molecule has 0 amide bonds. The third-order valence-electron chi connectivity index (χ3n) is 4.28. The van der Waals surface area contributed by atoms with Gasteiger partial charge in [0.1, 0.15) is 10.7 Å². The average molecular weight is 274 g/mol. The van der Waals surface area contributed by atoms with Crippen molar-refractivity contribution in [3.63, 3.8) is 0 Å². The molecule has 3 unspecified atom stereocenters. The van der Waals surface area contributed by atoms with Gasteiger partial charge in [-0.2, -0.15) is 8.42 Å². The van der Waals surface area contributed by atoms with Crippen molar-refractivity contribution in [2.45, 2.75) is 17.7 Å². The number of fused-ring (bicyclic) bond motifs is 3. The molecule has 1 aromatic rings. The Labute approximate surface area is 112 Å². The van der Waals surface area contributed by atoms with Crippen LogP contribution in [0.4, 0.5) is 5.69 Å². The number of rotatable bonds is 1. The number of para-hydroxylation sites is 1. The number of sulfonamides is 1. The summed E-state index contributed by atoms with van der Waals surface area (Å²) >= 11 is 0. The zero-order valence-corrected chi connectivity index (χ0v) is 11.1. The molecule has 2 bridgehead atoms. The Morgan fingerprint density at radius 3 is 2.74 bits per heavy atom. The van der Waals surface area contributed by atoms with E-state index in [9.17, 15) is 8.42 Å². The van der Waals surface area contributed by atoms with Crippen LogP contribution in [0.2, 0.25) is 0 Å². The number of hydrogen-bond acceptors (Lipinski definition) is 3. The summed E-state index contributed by atoms with van der Waals surface area (Å²) in [6, 6.07) is 6.95. The summed E-state index contributed by atoms with van der Waals surface area (Å²) in [7, 11) is -3.54. The van der Waals surface area contributed by atoms with E-state index in [1.165, 1.54) is 0 Å². The molecule has 3 aliphatic rings. The SMILES string of the molecule is O=S1(=O)N=C(C2CC3C=CC2C3)Nc2ccccc21. The highest BCUT2D eigenvalue weighted by Crippen LogP contribution is 2.45. The Kier molecular flexibility index (Phi) is 2.18.